The van der Waals surface area contributed by atoms with Crippen LogP contribution >= 0.6 is 15.9 Å². The summed E-state index contributed by atoms with van der Waals surface area (Å²) in [6.07, 6.45) is 2.72. The Hall–Kier alpha value is -1.69. The predicted molar refractivity (Wildman–Crippen MR) is 73.5 cm³/mol. The fourth-order valence-electron chi connectivity index (χ4n) is 2.50. The van der Waals surface area contributed by atoms with Crippen molar-refractivity contribution in [2.75, 3.05) is 0 Å². The maximum absolute atomic E-state index is 11.9. The van der Waals surface area contributed by atoms with Crippen molar-refractivity contribution in [3.63, 3.8) is 0 Å². The molecule has 2 heterocycles. The van der Waals surface area contributed by atoms with Gasteiger partial charge in [-0.2, -0.15) is 5.10 Å². The number of nitrogens with zero attached hydrogens (tertiary/aromatic N) is 2. The van der Waals surface area contributed by atoms with E-state index in [1.165, 1.54) is 0 Å². The van der Waals surface area contributed by atoms with Crippen LogP contribution in [0.2, 0.25) is 0 Å². The number of aryl methyl sites for hydroxylation is 1. The Bertz CT molecular complexity index is 692. The van der Waals surface area contributed by atoms with Gasteiger partial charge in [0, 0.05) is 23.3 Å². The van der Waals surface area contributed by atoms with Crippen molar-refractivity contribution in [3.8, 4) is 0 Å². The molecule has 5 nitrogen and oxygen atoms in total. The lowest BCUT2D eigenvalue weighted by Gasteiger charge is -2.21. The topological polar surface area (TPSA) is 64.0 Å². The smallest absolute Gasteiger partial charge is 0.234 e. The van der Waals surface area contributed by atoms with E-state index >= 15 is 0 Å². The Labute approximate surface area is 118 Å². The van der Waals surface area contributed by atoms with Crippen LogP contribution in [0.3, 0.4) is 0 Å². The molecule has 98 valence electrons. The largest absolute Gasteiger partial charge is 0.296 e. The zero-order valence-corrected chi connectivity index (χ0v) is 11.9. The molecule has 19 heavy (non-hydrogen) atoms. The number of halogens is 1. The minimum atomic E-state index is -0.265. The Morgan fingerprint density at radius 2 is 2.21 bits per heavy atom. The number of nitrogens with one attached hydrogen (secondary N) is 1. The van der Waals surface area contributed by atoms with Crippen LogP contribution in [0, 0.1) is 0 Å². The summed E-state index contributed by atoms with van der Waals surface area (Å²) in [5.41, 5.74) is 1.91. The van der Waals surface area contributed by atoms with Gasteiger partial charge in [-0.25, -0.2) is 0 Å². The van der Waals surface area contributed by atoms with Gasteiger partial charge in [-0.15, -0.1) is 0 Å². The van der Waals surface area contributed by atoms with Crippen LogP contribution in [0.25, 0.3) is 10.9 Å². The van der Waals surface area contributed by atoms with Gasteiger partial charge >= 0.3 is 0 Å². The Balaban J connectivity index is 2.06. The maximum Gasteiger partial charge on any atom is 0.234 e. The van der Waals surface area contributed by atoms with Gasteiger partial charge in [0.05, 0.1) is 17.6 Å². The molecule has 1 aliphatic heterocycles. The van der Waals surface area contributed by atoms with Crippen LogP contribution in [0.5, 0.6) is 0 Å². The van der Waals surface area contributed by atoms with Crippen LogP contribution in [0.1, 0.15) is 24.3 Å². The molecule has 1 fully saturated rings. The third kappa shape index (κ3) is 2.06. The van der Waals surface area contributed by atoms with Crippen LogP contribution in [0.4, 0.5) is 0 Å². The number of imide groups is 1. The van der Waals surface area contributed by atoms with Crippen molar-refractivity contribution in [1.29, 1.82) is 0 Å². The second kappa shape index (κ2) is 4.45. The summed E-state index contributed by atoms with van der Waals surface area (Å²) in [5, 5.41) is 7.58. The summed E-state index contributed by atoms with van der Waals surface area (Å²) in [4.78, 5) is 23.1. The zero-order valence-electron chi connectivity index (χ0n) is 10.3. The van der Waals surface area contributed by atoms with Gasteiger partial charge in [0.15, 0.2) is 0 Å². The molecule has 1 aliphatic rings. The van der Waals surface area contributed by atoms with Gasteiger partial charge in [0.1, 0.15) is 0 Å². The van der Waals surface area contributed by atoms with Crippen molar-refractivity contribution in [2.24, 2.45) is 7.05 Å². The molecule has 0 saturated carbocycles. The first kappa shape index (κ1) is 12.3. The van der Waals surface area contributed by atoms with Crippen LogP contribution in [0.15, 0.2) is 22.8 Å². The lowest BCUT2D eigenvalue weighted by molar-refractivity contribution is -0.134. The fraction of sp³-hybridized carbons (Fsp3) is 0.308. The number of piperidine rings is 1. The first-order chi connectivity index (χ1) is 9.06. The first-order valence-corrected chi connectivity index (χ1v) is 6.80. The van der Waals surface area contributed by atoms with Gasteiger partial charge in [-0.3, -0.25) is 19.6 Å². The van der Waals surface area contributed by atoms with Crippen molar-refractivity contribution in [1.82, 2.24) is 15.1 Å². The van der Waals surface area contributed by atoms with Gasteiger partial charge in [-0.1, -0.05) is 0 Å². The highest BCUT2D eigenvalue weighted by atomic mass is 79.9. The number of carbonyl (C=O) groups excluding carboxylic acids is 2. The highest BCUT2D eigenvalue weighted by Gasteiger charge is 2.28. The number of hydrogen-bond acceptors (Lipinski definition) is 3. The van der Waals surface area contributed by atoms with Crippen LogP contribution in [-0.2, 0) is 16.6 Å². The molecule has 0 radical (unpaired) electrons. The van der Waals surface area contributed by atoms with Crippen LogP contribution in [-0.4, -0.2) is 21.6 Å². The molecule has 1 unspecified atom stereocenters. The monoisotopic (exact) mass is 321 g/mol. The molecule has 1 saturated heterocycles. The lowest BCUT2D eigenvalue weighted by Crippen LogP contribution is -2.39. The van der Waals surface area contributed by atoms with E-state index in [1.807, 2.05) is 19.2 Å². The molecule has 0 bridgehead atoms. The molecular formula is C13H12BrN3O2. The number of aromatic nitrogens is 2. The number of benzene rings is 1. The third-order valence-electron chi connectivity index (χ3n) is 3.45. The molecule has 3 rings (SSSR count). The Morgan fingerprint density at radius 3 is 2.95 bits per heavy atom. The number of carbonyl (C=O) groups is 2. The summed E-state index contributed by atoms with van der Waals surface area (Å²) in [6.45, 7) is 0. The minimum absolute atomic E-state index is 0.192. The van der Waals surface area contributed by atoms with E-state index in [2.05, 4.69) is 26.3 Å². The highest BCUT2D eigenvalue weighted by Crippen LogP contribution is 2.32. The SMILES string of the molecule is Cn1ncc2cc(C3CCC(=O)NC3=O)cc(Br)c21. The maximum atomic E-state index is 11.9. The first-order valence-electron chi connectivity index (χ1n) is 6.01. The molecule has 1 atom stereocenters. The summed E-state index contributed by atoms with van der Waals surface area (Å²) < 4.78 is 2.69. The molecular weight excluding hydrogens is 310 g/mol. The van der Waals surface area contributed by atoms with Crippen molar-refractivity contribution < 1.29 is 9.59 Å². The van der Waals surface area contributed by atoms with E-state index in [-0.39, 0.29) is 17.7 Å². The second-order valence-electron chi connectivity index (χ2n) is 4.71. The summed E-state index contributed by atoms with van der Waals surface area (Å²) in [7, 11) is 1.87. The average molecular weight is 322 g/mol. The third-order valence-corrected chi connectivity index (χ3v) is 4.05. The molecule has 6 heteroatoms. The minimum Gasteiger partial charge on any atom is -0.296 e. The van der Waals surface area contributed by atoms with Crippen molar-refractivity contribution >= 4 is 38.6 Å². The van der Waals surface area contributed by atoms with E-state index in [0.29, 0.717) is 12.8 Å². The molecule has 0 spiro atoms. The summed E-state index contributed by atoms with van der Waals surface area (Å²) in [6, 6.07) is 3.90. The molecule has 1 aromatic heterocycles. The van der Waals surface area contributed by atoms with E-state index in [9.17, 15) is 9.59 Å². The number of rotatable bonds is 1. The number of fused-ring (bicyclic) bond motifs is 1. The zero-order chi connectivity index (χ0) is 13.6. The lowest BCUT2D eigenvalue weighted by atomic mass is 9.90. The van der Waals surface area contributed by atoms with E-state index in [0.717, 1.165) is 20.9 Å². The van der Waals surface area contributed by atoms with E-state index < -0.39 is 0 Å². The number of amides is 2. The molecule has 2 aromatic rings. The standard InChI is InChI=1S/C13H12BrN3O2/c1-17-12-8(6-15-17)4-7(5-10(12)14)9-2-3-11(18)16-13(9)19/h4-6,9H,2-3H2,1H3,(H,16,18,19). The van der Waals surface area contributed by atoms with Gasteiger partial charge in [0.25, 0.3) is 0 Å². The van der Waals surface area contributed by atoms with E-state index in [1.54, 1.807) is 10.9 Å². The van der Waals surface area contributed by atoms with Crippen molar-refractivity contribution in [2.45, 2.75) is 18.8 Å². The fourth-order valence-corrected chi connectivity index (χ4v) is 3.25. The second-order valence-corrected chi connectivity index (χ2v) is 5.57. The molecule has 1 aromatic carbocycles. The summed E-state index contributed by atoms with van der Waals surface area (Å²) in [5.74, 6) is -0.673. The van der Waals surface area contributed by atoms with Gasteiger partial charge in [-0.05, 0) is 40.0 Å². The molecule has 1 N–H and O–H groups in total. The quantitative estimate of drug-likeness (QED) is 0.815. The Kier molecular flexibility index (Phi) is 2.89. The molecule has 0 aliphatic carbocycles. The number of hydrogen-bond donors (Lipinski definition) is 1. The predicted octanol–water partition coefficient (Wildman–Crippen LogP) is 1.86. The van der Waals surface area contributed by atoms with Crippen LogP contribution < -0.4 is 5.32 Å². The summed E-state index contributed by atoms with van der Waals surface area (Å²) >= 11 is 3.52. The normalized spacial score (nSPS) is 19.8. The Morgan fingerprint density at radius 1 is 1.42 bits per heavy atom. The average Bonchev–Trinajstić information content (AvgIpc) is 2.71. The molecule has 2 amide bonds. The van der Waals surface area contributed by atoms with Crippen molar-refractivity contribution in [3.05, 3.63) is 28.4 Å². The highest BCUT2D eigenvalue weighted by molar-refractivity contribution is 9.10. The van der Waals surface area contributed by atoms with Gasteiger partial charge < -0.3 is 0 Å². The van der Waals surface area contributed by atoms with Gasteiger partial charge in [0.2, 0.25) is 11.8 Å². The van der Waals surface area contributed by atoms with E-state index in [4.69, 9.17) is 0 Å².